The highest BCUT2D eigenvalue weighted by Gasteiger charge is 2.56. The Morgan fingerprint density at radius 2 is 1.63 bits per heavy atom. The second-order valence-electron chi connectivity index (χ2n) is 8.52. The van der Waals surface area contributed by atoms with Gasteiger partial charge in [-0.05, 0) is 38.0 Å². The fourth-order valence-corrected chi connectivity index (χ4v) is 4.31. The number of alkyl halides is 8. The molecule has 0 spiro atoms. The van der Waals surface area contributed by atoms with Crippen LogP contribution in [0, 0.1) is 0 Å². The number of rotatable bonds is 13. The molecule has 0 aliphatic carbocycles. The van der Waals surface area contributed by atoms with E-state index in [4.69, 9.17) is 20.3 Å². The first-order chi connectivity index (χ1) is 17.2. The van der Waals surface area contributed by atoms with Gasteiger partial charge in [0.2, 0.25) is 0 Å². The van der Waals surface area contributed by atoms with Gasteiger partial charge < -0.3 is 20.3 Å². The van der Waals surface area contributed by atoms with E-state index in [1.807, 2.05) is 0 Å². The highest BCUT2D eigenvalue weighted by atomic mass is 32.1. The molecule has 0 amide bonds. The van der Waals surface area contributed by atoms with Crippen LogP contribution in [0.3, 0.4) is 0 Å². The average molecular weight is 601 g/mol. The molecule has 8 nitrogen and oxygen atoms in total. The lowest BCUT2D eigenvalue weighted by Crippen LogP contribution is -2.37. The summed E-state index contributed by atoms with van der Waals surface area (Å²) in [5, 5.41) is 7.65. The average Bonchev–Trinajstić information content (AvgIpc) is 3.26. The third kappa shape index (κ3) is 9.38. The topological polar surface area (TPSA) is 128 Å². The van der Waals surface area contributed by atoms with E-state index in [1.54, 1.807) is 0 Å². The zero-order chi connectivity index (χ0) is 29.0. The maximum Gasteiger partial charge on any atom is 0.469 e. The largest absolute Gasteiger partial charge is 0.493 e. The molecular formula is C20H24F8N3O5PS. The first-order valence-corrected chi connectivity index (χ1v) is 13.2. The van der Waals surface area contributed by atoms with E-state index in [0.717, 1.165) is 23.5 Å². The van der Waals surface area contributed by atoms with Crippen molar-refractivity contribution >= 4 is 19.2 Å². The fraction of sp³-hybridized carbons (Fsp3) is 0.600. The molecule has 0 saturated heterocycles. The molecule has 2 rings (SSSR count). The summed E-state index contributed by atoms with van der Waals surface area (Å²) < 4.78 is 124. The van der Waals surface area contributed by atoms with E-state index < -0.39 is 62.4 Å². The second-order valence-corrected chi connectivity index (χ2v) is 10.7. The van der Waals surface area contributed by atoms with Crippen LogP contribution in [-0.4, -0.2) is 45.3 Å². The molecule has 1 aromatic carbocycles. The summed E-state index contributed by atoms with van der Waals surface area (Å²) in [5.41, 5.74) is 3.31. The maximum absolute atomic E-state index is 13.6. The quantitative estimate of drug-likeness (QED) is 0.144. The Labute approximate surface area is 215 Å². The minimum absolute atomic E-state index is 0.00530. The van der Waals surface area contributed by atoms with E-state index in [2.05, 4.69) is 14.7 Å². The summed E-state index contributed by atoms with van der Waals surface area (Å²) in [6, 6.07) is 3.08. The predicted octanol–water partition coefficient (Wildman–Crippen LogP) is 6.03. The molecule has 0 bridgehead atoms. The molecule has 38 heavy (non-hydrogen) atoms. The van der Waals surface area contributed by atoms with Crippen molar-refractivity contribution in [2.45, 2.75) is 62.8 Å². The lowest BCUT2D eigenvalue weighted by molar-refractivity contribution is -0.284. The number of hydrogen-bond donors (Lipinski definition) is 3. The van der Waals surface area contributed by atoms with Gasteiger partial charge in [-0.3, -0.25) is 4.52 Å². The minimum Gasteiger partial charge on any atom is -0.493 e. The van der Waals surface area contributed by atoms with Gasteiger partial charge in [0.25, 0.3) is 0 Å². The molecule has 1 atom stereocenters. The maximum atomic E-state index is 13.6. The number of nitrogens with two attached hydrogens (primary N) is 1. The van der Waals surface area contributed by atoms with Crippen LogP contribution >= 0.6 is 19.2 Å². The molecule has 18 heteroatoms. The minimum atomic E-state index is -5.63. The Kier molecular flexibility index (Phi) is 10.3. The zero-order valence-corrected chi connectivity index (χ0v) is 21.4. The molecule has 0 unspecified atom stereocenters. The number of benzene rings is 1. The van der Waals surface area contributed by atoms with Crippen LogP contribution < -0.4 is 10.5 Å². The molecule has 216 valence electrons. The van der Waals surface area contributed by atoms with Crippen molar-refractivity contribution < 1.29 is 58.7 Å². The lowest BCUT2D eigenvalue weighted by atomic mass is 10.1. The van der Waals surface area contributed by atoms with Crippen LogP contribution in [0.5, 0.6) is 5.75 Å². The van der Waals surface area contributed by atoms with Gasteiger partial charge in [-0.1, -0.05) is 24.2 Å². The molecule has 0 fully saturated rings. The molecule has 2 aromatic rings. The van der Waals surface area contributed by atoms with E-state index in [-0.39, 0.29) is 41.4 Å². The van der Waals surface area contributed by atoms with Crippen molar-refractivity contribution in [2.75, 3.05) is 13.2 Å². The third-order valence-electron chi connectivity index (χ3n) is 5.04. The van der Waals surface area contributed by atoms with Crippen LogP contribution in [0.1, 0.15) is 49.6 Å². The number of nitrogens with zero attached hydrogens (tertiary/aromatic N) is 2. The van der Waals surface area contributed by atoms with Crippen molar-refractivity contribution in [3.63, 3.8) is 0 Å². The lowest BCUT2D eigenvalue weighted by Gasteiger charge is -2.21. The van der Waals surface area contributed by atoms with Crippen LogP contribution in [-0.2, 0) is 20.8 Å². The van der Waals surface area contributed by atoms with Crippen LogP contribution in [0.4, 0.5) is 35.1 Å². The first-order valence-electron chi connectivity index (χ1n) is 10.8. The van der Waals surface area contributed by atoms with E-state index in [1.165, 1.54) is 13.0 Å². The normalized spacial score (nSPS) is 14.9. The molecule has 0 aliphatic rings. The van der Waals surface area contributed by atoms with Crippen molar-refractivity contribution in [3.05, 3.63) is 28.8 Å². The van der Waals surface area contributed by atoms with Crippen LogP contribution in [0.2, 0.25) is 0 Å². The summed E-state index contributed by atoms with van der Waals surface area (Å²) >= 11 is 0.789. The smallest absolute Gasteiger partial charge is 0.469 e. The fourth-order valence-electron chi connectivity index (χ4n) is 2.99. The Morgan fingerprint density at radius 1 is 1.00 bits per heavy atom. The summed E-state index contributed by atoms with van der Waals surface area (Å²) in [6.07, 6.45) is -11.9. The monoisotopic (exact) mass is 601 g/mol. The number of hydrogen-bond acceptors (Lipinski definition) is 7. The second kappa shape index (κ2) is 12.1. The first kappa shape index (κ1) is 32.3. The molecule has 0 saturated carbocycles. The number of phosphoric acid groups is 1. The Bertz CT molecular complexity index is 1120. The van der Waals surface area contributed by atoms with E-state index in [9.17, 15) is 39.7 Å². The summed E-state index contributed by atoms with van der Waals surface area (Å²) in [5.74, 6) is -5.31. The number of unbranched alkanes of at least 4 members (excludes halogenated alkanes) is 3. The van der Waals surface area contributed by atoms with Crippen molar-refractivity contribution in [2.24, 2.45) is 5.73 Å². The Balaban J connectivity index is 2.02. The van der Waals surface area contributed by atoms with Gasteiger partial charge in [0.1, 0.15) is 15.8 Å². The standard InChI is InChI=1S/C20H24F8N3O5PS/c1-17(29,11-36-37(32,33)34)16-31-30-15(38-16)12-6-7-14(13(10-12)19(23,24)25)35-9-5-3-2-4-8-18(21,22)20(26,27)28/h6-7,10H,2-5,8-9,11,29H2,1H3,(H2,32,33,34)/t17-/m0/s1. The number of aromatic nitrogens is 2. The van der Waals surface area contributed by atoms with E-state index >= 15 is 0 Å². The SMILES string of the molecule is C[C@](N)(COP(=O)(O)O)c1nnc(-c2ccc(OCCCCCCC(F)(F)C(F)(F)F)c(C(F)(F)F)c2)s1. The summed E-state index contributed by atoms with van der Waals surface area (Å²) in [6.45, 7) is 0.469. The molecule has 1 heterocycles. The summed E-state index contributed by atoms with van der Waals surface area (Å²) in [4.78, 5) is 17.7. The molecule has 1 aromatic heterocycles. The molecule has 4 N–H and O–H groups in total. The predicted molar refractivity (Wildman–Crippen MR) is 119 cm³/mol. The molecule has 0 radical (unpaired) electrons. The van der Waals surface area contributed by atoms with E-state index in [0.29, 0.717) is 0 Å². The highest BCUT2D eigenvalue weighted by Crippen LogP contribution is 2.42. The van der Waals surface area contributed by atoms with Crippen molar-refractivity contribution in [1.29, 1.82) is 0 Å². The highest BCUT2D eigenvalue weighted by molar-refractivity contribution is 7.46. The van der Waals surface area contributed by atoms with Crippen LogP contribution in [0.15, 0.2) is 18.2 Å². The van der Waals surface area contributed by atoms with Gasteiger partial charge in [0.15, 0.2) is 0 Å². The van der Waals surface area contributed by atoms with Crippen LogP contribution in [0.25, 0.3) is 10.6 Å². The zero-order valence-electron chi connectivity index (χ0n) is 19.7. The van der Waals surface area contributed by atoms with Gasteiger partial charge in [-0.25, -0.2) is 4.57 Å². The van der Waals surface area contributed by atoms with Gasteiger partial charge in [-0.2, -0.15) is 35.1 Å². The van der Waals surface area contributed by atoms with Gasteiger partial charge in [0, 0.05) is 12.0 Å². The molecule has 0 aliphatic heterocycles. The van der Waals surface area contributed by atoms with Gasteiger partial charge in [0.05, 0.1) is 24.3 Å². The summed E-state index contributed by atoms with van der Waals surface area (Å²) in [7, 11) is -4.83. The van der Waals surface area contributed by atoms with Gasteiger partial charge in [-0.15, -0.1) is 10.2 Å². The third-order valence-corrected chi connectivity index (χ3v) is 6.75. The van der Waals surface area contributed by atoms with Gasteiger partial charge >= 0.3 is 26.1 Å². The number of phosphoric ester groups is 1. The van der Waals surface area contributed by atoms with Crippen molar-refractivity contribution in [1.82, 2.24) is 10.2 Å². The Hall–Kier alpha value is -1.91. The number of ether oxygens (including phenoxy) is 1. The number of halogens is 8. The van der Waals surface area contributed by atoms with Crippen molar-refractivity contribution in [3.8, 4) is 16.3 Å². The Morgan fingerprint density at radius 3 is 2.21 bits per heavy atom. The molecular weight excluding hydrogens is 577 g/mol.